The summed E-state index contributed by atoms with van der Waals surface area (Å²) in [6.07, 6.45) is 77.3. The van der Waals surface area contributed by atoms with E-state index in [1.54, 1.807) is 6.08 Å². The molecule has 0 bridgehead atoms. The number of esters is 1. The van der Waals surface area contributed by atoms with Crippen LogP contribution in [0.3, 0.4) is 0 Å². The average molecular weight is 997 g/mol. The summed E-state index contributed by atoms with van der Waals surface area (Å²) in [4.78, 5) is 24.5. The molecule has 2 atom stereocenters. The van der Waals surface area contributed by atoms with Crippen molar-refractivity contribution in [2.24, 2.45) is 0 Å². The molecular weight excluding hydrogens is 875 g/mol. The predicted molar refractivity (Wildman–Crippen MR) is 310 cm³/mol. The minimum Gasteiger partial charge on any atom is -0.466 e. The number of amides is 1. The smallest absolute Gasteiger partial charge is 0.305 e. The normalized spacial score (nSPS) is 12.9. The van der Waals surface area contributed by atoms with Crippen LogP contribution in [0.4, 0.5) is 0 Å². The zero-order chi connectivity index (χ0) is 51.4. The lowest BCUT2D eigenvalue weighted by atomic mass is 10.0. The monoisotopic (exact) mass is 996 g/mol. The van der Waals surface area contributed by atoms with E-state index < -0.39 is 12.1 Å². The molecule has 0 aliphatic rings. The molecule has 416 valence electrons. The Bertz CT molecular complexity index is 1190. The van der Waals surface area contributed by atoms with Gasteiger partial charge in [-0.2, -0.15) is 0 Å². The highest BCUT2D eigenvalue weighted by Crippen LogP contribution is 2.17. The van der Waals surface area contributed by atoms with Gasteiger partial charge in [0.2, 0.25) is 5.91 Å². The molecule has 3 N–H and O–H groups in total. The number of aliphatic hydroxyl groups excluding tert-OH is 2. The number of carbonyl (C=O) groups excluding carboxylic acids is 2. The van der Waals surface area contributed by atoms with Crippen molar-refractivity contribution in [3.8, 4) is 0 Å². The fraction of sp³-hybridized carbons (Fsp3) is 0.846. The molecule has 0 spiro atoms. The number of unbranched alkanes of at least 4 members (excludes halogenated alkanes) is 41. The zero-order valence-corrected chi connectivity index (χ0v) is 47.5. The van der Waals surface area contributed by atoms with E-state index in [4.69, 9.17) is 4.74 Å². The van der Waals surface area contributed by atoms with Gasteiger partial charge in [-0.15, -0.1) is 0 Å². The van der Waals surface area contributed by atoms with Gasteiger partial charge in [-0.05, 0) is 96.3 Å². The van der Waals surface area contributed by atoms with E-state index >= 15 is 0 Å². The number of carbonyl (C=O) groups is 2. The van der Waals surface area contributed by atoms with Gasteiger partial charge in [0.1, 0.15) is 0 Å². The second-order valence-electron chi connectivity index (χ2n) is 21.4. The van der Waals surface area contributed by atoms with Crippen molar-refractivity contribution in [3.05, 3.63) is 48.6 Å². The number of nitrogens with one attached hydrogen (secondary N) is 1. The number of hydrogen-bond donors (Lipinski definition) is 3. The van der Waals surface area contributed by atoms with Crippen molar-refractivity contribution in [1.29, 1.82) is 0 Å². The third kappa shape index (κ3) is 57.0. The molecule has 6 nitrogen and oxygen atoms in total. The van der Waals surface area contributed by atoms with E-state index in [1.807, 2.05) is 6.08 Å². The second kappa shape index (κ2) is 60.4. The van der Waals surface area contributed by atoms with Crippen LogP contribution in [0.1, 0.15) is 328 Å². The Morgan fingerprint density at radius 2 is 0.704 bits per heavy atom. The van der Waals surface area contributed by atoms with Crippen molar-refractivity contribution >= 4 is 11.9 Å². The van der Waals surface area contributed by atoms with Crippen molar-refractivity contribution in [1.82, 2.24) is 5.32 Å². The predicted octanol–water partition coefficient (Wildman–Crippen LogP) is 19.7. The van der Waals surface area contributed by atoms with Crippen molar-refractivity contribution < 1.29 is 24.5 Å². The third-order valence-electron chi connectivity index (χ3n) is 14.3. The molecule has 0 rings (SSSR count). The second-order valence-corrected chi connectivity index (χ2v) is 21.4. The molecule has 0 heterocycles. The van der Waals surface area contributed by atoms with Crippen molar-refractivity contribution in [2.45, 2.75) is 341 Å². The van der Waals surface area contributed by atoms with Gasteiger partial charge in [-0.25, -0.2) is 0 Å². The van der Waals surface area contributed by atoms with E-state index in [0.29, 0.717) is 19.4 Å². The number of aliphatic hydroxyl groups is 2. The Balaban J connectivity index is 3.53. The maximum Gasteiger partial charge on any atom is 0.305 e. The standard InChI is InChI=1S/C65H121NO5/c1-3-5-7-9-11-13-15-17-18-19-20-21-22-23-24-25-26-28-31-34-37-41-45-49-53-57-63(68)62(61-67)66-64(69)58-54-50-46-42-38-35-32-29-27-30-33-36-40-44-48-52-56-60-71-65(70)59-55-51-47-43-39-16-14-12-10-8-6-4-2/h12,14,27,30,36,40,53,57,62-63,67-68H,3-11,13,15-26,28-29,31-35,37-39,41-52,54-56,58-61H2,1-2H3,(H,66,69)/b14-12-,30-27-,40-36-,57-53+. The van der Waals surface area contributed by atoms with Gasteiger partial charge < -0.3 is 20.3 Å². The fourth-order valence-electron chi connectivity index (χ4n) is 9.48. The summed E-state index contributed by atoms with van der Waals surface area (Å²) >= 11 is 0. The highest BCUT2D eigenvalue weighted by molar-refractivity contribution is 5.76. The first-order chi connectivity index (χ1) is 35.0. The molecule has 0 fully saturated rings. The lowest BCUT2D eigenvalue weighted by Gasteiger charge is -2.20. The molecule has 1 amide bonds. The van der Waals surface area contributed by atoms with Crippen molar-refractivity contribution in [2.75, 3.05) is 13.2 Å². The Hall–Kier alpha value is -2.18. The van der Waals surface area contributed by atoms with E-state index in [-0.39, 0.29) is 18.5 Å². The average Bonchev–Trinajstić information content (AvgIpc) is 3.37. The zero-order valence-electron chi connectivity index (χ0n) is 47.5. The van der Waals surface area contributed by atoms with Gasteiger partial charge in [-0.1, -0.05) is 268 Å². The first-order valence-corrected chi connectivity index (χ1v) is 31.4. The maximum absolute atomic E-state index is 12.5. The van der Waals surface area contributed by atoms with Gasteiger partial charge in [0, 0.05) is 12.8 Å². The summed E-state index contributed by atoms with van der Waals surface area (Å²) in [7, 11) is 0. The third-order valence-corrected chi connectivity index (χ3v) is 14.3. The van der Waals surface area contributed by atoms with E-state index in [1.165, 1.54) is 218 Å². The van der Waals surface area contributed by atoms with Crippen molar-refractivity contribution in [3.63, 3.8) is 0 Å². The topological polar surface area (TPSA) is 95.9 Å². The van der Waals surface area contributed by atoms with Gasteiger partial charge in [0.05, 0.1) is 25.4 Å². The molecule has 2 unspecified atom stereocenters. The van der Waals surface area contributed by atoms with Crippen LogP contribution in [-0.2, 0) is 14.3 Å². The van der Waals surface area contributed by atoms with Crippen LogP contribution < -0.4 is 5.32 Å². The quantitative estimate of drug-likeness (QED) is 0.0321. The lowest BCUT2D eigenvalue weighted by Crippen LogP contribution is -2.45. The molecule has 0 aromatic heterocycles. The molecule has 0 aliphatic heterocycles. The Morgan fingerprint density at radius 1 is 0.394 bits per heavy atom. The minimum atomic E-state index is -0.858. The lowest BCUT2D eigenvalue weighted by molar-refractivity contribution is -0.143. The van der Waals surface area contributed by atoms with Gasteiger partial charge >= 0.3 is 5.97 Å². The molecular formula is C65H121NO5. The highest BCUT2D eigenvalue weighted by Gasteiger charge is 2.18. The molecule has 0 aromatic carbocycles. The number of allylic oxidation sites excluding steroid dienone is 7. The summed E-state index contributed by atoms with van der Waals surface area (Å²) in [5, 5.41) is 23.2. The number of hydrogen-bond acceptors (Lipinski definition) is 5. The molecule has 6 heteroatoms. The number of ether oxygens (including phenoxy) is 1. The van der Waals surface area contributed by atoms with Crippen LogP contribution >= 0.6 is 0 Å². The molecule has 0 aliphatic carbocycles. The first-order valence-electron chi connectivity index (χ1n) is 31.4. The van der Waals surface area contributed by atoms with Crippen LogP contribution in [0.25, 0.3) is 0 Å². The summed E-state index contributed by atoms with van der Waals surface area (Å²) in [5.74, 6) is -0.109. The van der Waals surface area contributed by atoms with Gasteiger partial charge in [-0.3, -0.25) is 9.59 Å². The van der Waals surface area contributed by atoms with E-state index in [2.05, 4.69) is 55.6 Å². The van der Waals surface area contributed by atoms with Crippen LogP contribution in [0.15, 0.2) is 48.6 Å². The van der Waals surface area contributed by atoms with E-state index in [9.17, 15) is 19.8 Å². The molecule has 71 heavy (non-hydrogen) atoms. The molecule has 0 saturated carbocycles. The summed E-state index contributed by atoms with van der Waals surface area (Å²) < 4.78 is 5.44. The van der Waals surface area contributed by atoms with Gasteiger partial charge in [0.25, 0.3) is 0 Å². The SMILES string of the molecule is CCCCC/C=C\CCCCCCCC(=O)OCCCCC/C=C\C/C=C\CCCCCCCCCC(=O)NC(CO)C(O)/C=C/CCCCCCCCCCCCCCCCCCCCCCCCC. The Labute approximate surface area is 442 Å². The van der Waals surface area contributed by atoms with Crippen LogP contribution in [-0.4, -0.2) is 47.4 Å². The molecule has 0 aromatic rings. The first kappa shape index (κ1) is 68.8. The molecule has 0 radical (unpaired) electrons. The Morgan fingerprint density at radius 3 is 1.11 bits per heavy atom. The summed E-state index contributed by atoms with van der Waals surface area (Å²) in [6.45, 7) is 4.85. The summed E-state index contributed by atoms with van der Waals surface area (Å²) in [6, 6.07) is -0.642. The maximum atomic E-state index is 12.5. The van der Waals surface area contributed by atoms with Gasteiger partial charge in [0.15, 0.2) is 0 Å². The molecule has 0 saturated heterocycles. The number of rotatable bonds is 58. The van der Waals surface area contributed by atoms with E-state index in [0.717, 1.165) is 83.5 Å². The van der Waals surface area contributed by atoms with Crippen LogP contribution in [0.2, 0.25) is 0 Å². The minimum absolute atomic E-state index is 0.0265. The van der Waals surface area contributed by atoms with Crippen LogP contribution in [0, 0.1) is 0 Å². The van der Waals surface area contributed by atoms with Crippen LogP contribution in [0.5, 0.6) is 0 Å². The largest absolute Gasteiger partial charge is 0.466 e. The highest BCUT2D eigenvalue weighted by atomic mass is 16.5. The Kier molecular flexibility index (Phi) is 58.5. The summed E-state index contributed by atoms with van der Waals surface area (Å²) in [5.41, 5.74) is 0. The fourth-order valence-corrected chi connectivity index (χ4v) is 9.48.